The number of carbonyl (C=O) groups is 1. The van der Waals surface area contributed by atoms with Gasteiger partial charge in [0.05, 0.1) is 13.7 Å². The van der Waals surface area contributed by atoms with Crippen LogP contribution >= 0.6 is 15.9 Å². The van der Waals surface area contributed by atoms with Crippen molar-refractivity contribution in [3.05, 3.63) is 58.6 Å². The first-order chi connectivity index (χ1) is 11.5. The van der Waals surface area contributed by atoms with E-state index in [1.54, 1.807) is 7.11 Å². The molecule has 0 bridgehead atoms. The first-order valence-corrected chi connectivity index (χ1v) is 8.71. The van der Waals surface area contributed by atoms with Gasteiger partial charge >= 0.3 is 0 Å². The molecule has 0 spiro atoms. The highest BCUT2D eigenvalue weighted by atomic mass is 79.9. The number of ether oxygens (including phenoxy) is 1. The Morgan fingerprint density at radius 2 is 1.88 bits per heavy atom. The molecule has 2 rings (SSSR count). The van der Waals surface area contributed by atoms with Gasteiger partial charge in [-0.05, 0) is 48.7 Å². The fourth-order valence-electron chi connectivity index (χ4n) is 2.40. The second-order valence-corrected chi connectivity index (χ2v) is 6.71. The van der Waals surface area contributed by atoms with Gasteiger partial charge in [-0.2, -0.15) is 0 Å². The van der Waals surface area contributed by atoms with Crippen molar-refractivity contribution >= 4 is 27.5 Å². The molecular formula is C19H23BrN2O2. The molecule has 5 heteroatoms. The van der Waals surface area contributed by atoms with Crippen molar-refractivity contribution in [1.29, 1.82) is 0 Å². The summed E-state index contributed by atoms with van der Waals surface area (Å²) in [5.74, 6) is 1.08. The molecule has 128 valence electrons. The molecule has 0 aromatic heterocycles. The van der Waals surface area contributed by atoms with E-state index < -0.39 is 0 Å². The van der Waals surface area contributed by atoms with Gasteiger partial charge in [-0.15, -0.1) is 0 Å². The van der Waals surface area contributed by atoms with E-state index in [1.165, 1.54) is 5.56 Å². The molecule has 0 saturated carbocycles. The summed E-state index contributed by atoms with van der Waals surface area (Å²) in [6.45, 7) is 4.50. The molecule has 1 amide bonds. The Labute approximate surface area is 151 Å². The quantitative estimate of drug-likeness (QED) is 0.745. The molecule has 0 aliphatic heterocycles. The zero-order chi connectivity index (χ0) is 17.5. The third kappa shape index (κ3) is 5.35. The Morgan fingerprint density at radius 1 is 1.17 bits per heavy atom. The Balaban J connectivity index is 1.84. The van der Waals surface area contributed by atoms with Gasteiger partial charge in [0.2, 0.25) is 5.91 Å². The largest absolute Gasteiger partial charge is 0.497 e. The van der Waals surface area contributed by atoms with Crippen molar-refractivity contribution in [2.24, 2.45) is 0 Å². The first-order valence-electron chi connectivity index (χ1n) is 7.92. The number of methoxy groups -OCH3 is 1. The molecule has 0 radical (unpaired) electrons. The zero-order valence-corrected chi connectivity index (χ0v) is 15.8. The summed E-state index contributed by atoms with van der Waals surface area (Å²) >= 11 is 3.39. The van der Waals surface area contributed by atoms with Crippen LogP contribution in [0, 0.1) is 0 Å². The summed E-state index contributed by atoms with van der Waals surface area (Å²) in [5, 5.41) is 6.17. The fraction of sp³-hybridized carbons (Fsp3) is 0.316. The summed E-state index contributed by atoms with van der Waals surface area (Å²) in [4.78, 5) is 12.1. The Kier molecular flexibility index (Phi) is 6.82. The highest BCUT2D eigenvalue weighted by molar-refractivity contribution is 9.10. The lowest BCUT2D eigenvalue weighted by molar-refractivity contribution is -0.115. The van der Waals surface area contributed by atoms with Gasteiger partial charge in [-0.25, -0.2) is 0 Å². The van der Waals surface area contributed by atoms with Gasteiger partial charge in [0.1, 0.15) is 5.75 Å². The summed E-state index contributed by atoms with van der Waals surface area (Å²) in [7, 11) is 1.66. The third-order valence-corrected chi connectivity index (χ3v) is 4.58. The van der Waals surface area contributed by atoms with Gasteiger partial charge in [0, 0.05) is 16.2 Å². The standard InChI is InChI=1S/C19H23BrN2O2/c1-13(15-7-9-18(24-3)10-8-15)14(2)21-12-19(23)22-17-6-4-5-16(20)11-17/h4-11,13-14,21H,12H2,1-3H3,(H,22,23)/t13-,14+/m1/s1. The zero-order valence-electron chi connectivity index (χ0n) is 14.2. The molecule has 0 unspecified atom stereocenters. The minimum absolute atomic E-state index is 0.0538. The van der Waals surface area contributed by atoms with Crippen LogP contribution in [0.3, 0.4) is 0 Å². The van der Waals surface area contributed by atoms with Crippen molar-refractivity contribution < 1.29 is 9.53 Å². The number of rotatable bonds is 7. The second kappa shape index (κ2) is 8.85. The van der Waals surface area contributed by atoms with Gasteiger partial charge < -0.3 is 15.4 Å². The number of amides is 1. The van der Waals surface area contributed by atoms with Crippen molar-refractivity contribution in [1.82, 2.24) is 5.32 Å². The number of nitrogens with one attached hydrogen (secondary N) is 2. The highest BCUT2D eigenvalue weighted by Gasteiger charge is 2.15. The van der Waals surface area contributed by atoms with E-state index >= 15 is 0 Å². The maximum absolute atomic E-state index is 12.1. The van der Waals surface area contributed by atoms with Crippen LogP contribution in [0.2, 0.25) is 0 Å². The molecule has 2 N–H and O–H groups in total. The predicted molar refractivity (Wildman–Crippen MR) is 102 cm³/mol. The lowest BCUT2D eigenvalue weighted by atomic mass is 9.94. The molecule has 0 fully saturated rings. The van der Waals surface area contributed by atoms with Crippen molar-refractivity contribution in [3.63, 3.8) is 0 Å². The number of halogens is 1. The van der Waals surface area contributed by atoms with E-state index in [0.717, 1.165) is 15.9 Å². The molecule has 24 heavy (non-hydrogen) atoms. The molecular weight excluding hydrogens is 368 g/mol. The van der Waals surface area contributed by atoms with E-state index in [1.807, 2.05) is 36.4 Å². The second-order valence-electron chi connectivity index (χ2n) is 5.79. The lowest BCUT2D eigenvalue weighted by Gasteiger charge is -2.22. The van der Waals surface area contributed by atoms with Crippen LogP contribution in [-0.4, -0.2) is 25.6 Å². The van der Waals surface area contributed by atoms with Crippen LogP contribution in [0.15, 0.2) is 53.0 Å². The molecule has 4 nitrogen and oxygen atoms in total. The van der Waals surface area contributed by atoms with Crippen LogP contribution in [-0.2, 0) is 4.79 Å². The maximum atomic E-state index is 12.1. The van der Waals surface area contributed by atoms with Gasteiger partial charge in [0.15, 0.2) is 0 Å². The van der Waals surface area contributed by atoms with E-state index in [0.29, 0.717) is 0 Å². The van der Waals surface area contributed by atoms with Crippen LogP contribution in [0.25, 0.3) is 0 Å². The summed E-state index contributed by atoms with van der Waals surface area (Å²) in [5.41, 5.74) is 2.00. The Morgan fingerprint density at radius 3 is 2.50 bits per heavy atom. The van der Waals surface area contributed by atoms with Gasteiger partial charge in [0.25, 0.3) is 0 Å². The molecule has 2 atom stereocenters. The first kappa shape index (κ1) is 18.5. The molecule has 0 saturated heterocycles. The minimum atomic E-state index is -0.0538. The number of hydrogen-bond donors (Lipinski definition) is 2. The summed E-state index contributed by atoms with van der Waals surface area (Å²) in [6, 6.07) is 15.8. The summed E-state index contributed by atoms with van der Waals surface area (Å²) < 4.78 is 6.12. The van der Waals surface area contributed by atoms with E-state index in [4.69, 9.17) is 4.74 Å². The van der Waals surface area contributed by atoms with Crippen molar-refractivity contribution in [2.45, 2.75) is 25.8 Å². The van der Waals surface area contributed by atoms with Crippen LogP contribution in [0.5, 0.6) is 5.75 Å². The molecule has 2 aromatic carbocycles. The van der Waals surface area contributed by atoms with Crippen LogP contribution < -0.4 is 15.4 Å². The Hall–Kier alpha value is -1.85. The Bertz CT molecular complexity index is 673. The number of anilines is 1. The molecule has 2 aromatic rings. The van der Waals surface area contributed by atoms with Gasteiger partial charge in [-0.1, -0.05) is 41.1 Å². The number of carbonyl (C=O) groups excluding carboxylic acids is 1. The summed E-state index contributed by atoms with van der Waals surface area (Å²) in [6.07, 6.45) is 0. The number of benzene rings is 2. The number of hydrogen-bond acceptors (Lipinski definition) is 3. The van der Waals surface area contributed by atoms with Crippen LogP contribution in [0.4, 0.5) is 5.69 Å². The maximum Gasteiger partial charge on any atom is 0.238 e. The fourth-order valence-corrected chi connectivity index (χ4v) is 2.80. The molecule has 0 aliphatic carbocycles. The third-order valence-electron chi connectivity index (χ3n) is 4.08. The van der Waals surface area contributed by atoms with E-state index in [2.05, 4.69) is 52.5 Å². The van der Waals surface area contributed by atoms with Crippen molar-refractivity contribution in [3.8, 4) is 5.75 Å². The monoisotopic (exact) mass is 390 g/mol. The van der Waals surface area contributed by atoms with E-state index in [9.17, 15) is 4.79 Å². The van der Waals surface area contributed by atoms with Crippen LogP contribution in [0.1, 0.15) is 25.3 Å². The molecule has 0 heterocycles. The normalized spacial score (nSPS) is 13.2. The smallest absolute Gasteiger partial charge is 0.238 e. The lowest BCUT2D eigenvalue weighted by Crippen LogP contribution is -2.37. The SMILES string of the molecule is COc1ccc([C@H](C)[C@H](C)NCC(=O)Nc2cccc(Br)c2)cc1. The average molecular weight is 391 g/mol. The molecule has 0 aliphatic rings. The van der Waals surface area contributed by atoms with E-state index in [-0.39, 0.29) is 24.4 Å². The predicted octanol–water partition coefficient (Wildman–Crippen LogP) is 4.18. The van der Waals surface area contributed by atoms with Crippen molar-refractivity contribution in [2.75, 3.05) is 19.0 Å². The van der Waals surface area contributed by atoms with Gasteiger partial charge in [-0.3, -0.25) is 4.79 Å². The topological polar surface area (TPSA) is 50.4 Å². The average Bonchev–Trinajstić information content (AvgIpc) is 2.59. The highest BCUT2D eigenvalue weighted by Crippen LogP contribution is 2.22. The minimum Gasteiger partial charge on any atom is -0.497 e.